The Morgan fingerprint density at radius 3 is 2.59 bits per heavy atom. The van der Waals surface area contributed by atoms with Gasteiger partial charge in [-0.25, -0.2) is 4.98 Å². The second-order valence-corrected chi connectivity index (χ2v) is 7.31. The topological polar surface area (TPSA) is 70.2 Å². The highest BCUT2D eigenvalue weighted by Crippen LogP contribution is 2.17. The molecule has 0 unspecified atom stereocenters. The van der Waals surface area contributed by atoms with Gasteiger partial charge >= 0.3 is 0 Å². The minimum absolute atomic E-state index is 0.0799. The van der Waals surface area contributed by atoms with Gasteiger partial charge in [-0.2, -0.15) is 0 Å². The zero-order valence-electron chi connectivity index (χ0n) is 16.3. The minimum Gasteiger partial charge on any atom is -0.349 e. The van der Waals surface area contributed by atoms with Crippen molar-refractivity contribution in [3.05, 3.63) is 84.3 Å². The molecule has 0 atom stereocenters. The number of likely N-dealkylation sites (tertiary alicyclic amines) is 1. The number of rotatable bonds is 6. The van der Waals surface area contributed by atoms with Crippen LogP contribution in [0.25, 0.3) is 0 Å². The molecule has 6 heteroatoms. The molecular formula is C23H25N5O. The Balaban J connectivity index is 1.29. The molecule has 6 nitrogen and oxygen atoms in total. The number of aromatic nitrogens is 2. The zero-order valence-corrected chi connectivity index (χ0v) is 16.3. The number of carbonyl (C=O) groups is 1. The lowest BCUT2D eigenvalue weighted by molar-refractivity contribution is 0.0908. The van der Waals surface area contributed by atoms with Crippen molar-refractivity contribution in [1.82, 2.24) is 20.2 Å². The Morgan fingerprint density at radius 1 is 1.03 bits per heavy atom. The Kier molecular flexibility index (Phi) is 6.12. The number of nitrogens with zero attached hydrogens (tertiary/aromatic N) is 3. The Bertz CT molecular complexity index is 924. The van der Waals surface area contributed by atoms with Gasteiger partial charge in [0.1, 0.15) is 5.82 Å². The van der Waals surface area contributed by atoms with E-state index in [-0.39, 0.29) is 11.9 Å². The van der Waals surface area contributed by atoms with E-state index >= 15 is 0 Å². The normalized spacial score (nSPS) is 15.0. The van der Waals surface area contributed by atoms with Gasteiger partial charge in [-0.1, -0.05) is 36.4 Å². The molecule has 1 aliphatic rings. The number of nitrogens with one attached hydrogen (secondary N) is 2. The van der Waals surface area contributed by atoms with Gasteiger partial charge in [0.2, 0.25) is 0 Å². The molecule has 1 saturated heterocycles. The van der Waals surface area contributed by atoms with Crippen LogP contribution in [0.5, 0.6) is 0 Å². The first kappa shape index (κ1) is 19.1. The first-order valence-electron chi connectivity index (χ1n) is 9.96. The second-order valence-electron chi connectivity index (χ2n) is 7.31. The third-order valence-electron chi connectivity index (χ3n) is 5.11. The van der Waals surface area contributed by atoms with Gasteiger partial charge < -0.3 is 10.6 Å². The van der Waals surface area contributed by atoms with Gasteiger partial charge in [0, 0.05) is 38.1 Å². The van der Waals surface area contributed by atoms with Gasteiger partial charge in [0.25, 0.3) is 5.91 Å². The van der Waals surface area contributed by atoms with Crippen LogP contribution in [0.3, 0.4) is 0 Å². The van der Waals surface area contributed by atoms with E-state index in [4.69, 9.17) is 0 Å². The molecule has 2 N–H and O–H groups in total. The standard InChI is InChI=1S/C23H25N5O/c29-23(19-14-21(16-24-15-19)26-22-8-4-5-11-25-22)27-20-9-12-28(13-10-20)17-18-6-2-1-3-7-18/h1-8,11,14-16,20H,9-10,12-13,17H2,(H,25,26)(H,27,29). The van der Waals surface area contributed by atoms with Crippen LogP contribution in [-0.2, 0) is 6.54 Å². The first-order chi connectivity index (χ1) is 14.3. The predicted molar refractivity (Wildman–Crippen MR) is 114 cm³/mol. The molecule has 1 aromatic carbocycles. The molecule has 29 heavy (non-hydrogen) atoms. The zero-order chi connectivity index (χ0) is 19.9. The Labute approximate surface area is 171 Å². The lowest BCUT2D eigenvalue weighted by atomic mass is 10.0. The summed E-state index contributed by atoms with van der Waals surface area (Å²) in [5.74, 6) is 0.640. The lowest BCUT2D eigenvalue weighted by Crippen LogP contribution is -2.44. The third kappa shape index (κ3) is 5.39. The Morgan fingerprint density at radius 2 is 1.83 bits per heavy atom. The van der Waals surface area contributed by atoms with E-state index in [1.54, 1.807) is 18.6 Å². The van der Waals surface area contributed by atoms with Crippen LogP contribution < -0.4 is 10.6 Å². The minimum atomic E-state index is -0.0799. The van der Waals surface area contributed by atoms with Crippen LogP contribution in [0, 0.1) is 0 Å². The number of hydrogen-bond acceptors (Lipinski definition) is 5. The van der Waals surface area contributed by atoms with Crippen LogP contribution in [0.1, 0.15) is 28.8 Å². The number of anilines is 2. The summed E-state index contributed by atoms with van der Waals surface area (Å²) in [6.07, 6.45) is 6.92. The molecule has 0 radical (unpaired) electrons. The number of benzene rings is 1. The van der Waals surface area contributed by atoms with Gasteiger partial charge in [-0.3, -0.25) is 14.7 Å². The maximum atomic E-state index is 12.7. The second kappa shape index (κ2) is 9.30. The maximum absolute atomic E-state index is 12.7. The van der Waals surface area contributed by atoms with Crippen LogP contribution >= 0.6 is 0 Å². The van der Waals surface area contributed by atoms with Crippen LogP contribution in [0.2, 0.25) is 0 Å². The van der Waals surface area contributed by atoms with Crippen molar-refractivity contribution in [2.24, 2.45) is 0 Å². The number of hydrogen-bond donors (Lipinski definition) is 2. The Hall–Kier alpha value is -3.25. The maximum Gasteiger partial charge on any atom is 0.253 e. The fraction of sp³-hybridized carbons (Fsp3) is 0.261. The highest BCUT2D eigenvalue weighted by atomic mass is 16.1. The number of pyridine rings is 2. The largest absolute Gasteiger partial charge is 0.349 e. The average Bonchev–Trinajstić information content (AvgIpc) is 2.77. The summed E-state index contributed by atoms with van der Waals surface area (Å²) in [5.41, 5.74) is 2.63. The lowest BCUT2D eigenvalue weighted by Gasteiger charge is -2.32. The highest BCUT2D eigenvalue weighted by molar-refractivity contribution is 5.95. The predicted octanol–water partition coefficient (Wildman–Crippen LogP) is 3.61. The molecule has 0 bridgehead atoms. The number of amides is 1. The number of carbonyl (C=O) groups excluding carboxylic acids is 1. The molecule has 3 heterocycles. The SMILES string of the molecule is O=C(NC1CCN(Cc2ccccc2)CC1)c1cncc(Nc2ccccn2)c1. The summed E-state index contributed by atoms with van der Waals surface area (Å²) in [7, 11) is 0. The van der Waals surface area contributed by atoms with Crippen molar-refractivity contribution in [2.75, 3.05) is 18.4 Å². The van der Waals surface area contributed by atoms with Crippen LogP contribution in [0.15, 0.2) is 73.2 Å². The van der Waals surface area contributed by atoms with E-state index in [1.165, 1.54) is 5.56 Å². The molecule has 4 rings (SSSR count). The fourth-order valence-electron chi connectivity index (χ4n) is 3.56. The molecule has 0 saturated carbocycles. The summed E-state index contributed by atoms with van der Waals surface area (Å²) >= 11 is 0. The van der Waals surface area contributed by atoms with Crippen molar-refractivity contribution < 1.29 is 4.79 Å². The van der Waals surface area contributed by atoms with Crippen LogP contribution in [0.4, 0.5) is 11.5 Å². The fourth-order valence-corrected chi connectivity index (χ4v) is 3.56. The van der Waals surface area contributed by atoms with Crippen molar-refractivity contribution in [3.63, 3.8) is 0 Å². The molecule has 2 aromatic heterocycles. The van der Waals surface area contributed by atoms with E-state index < -0.39 is 0 Å². The summed E-state index contributed by atoms with van der Waals surface area (Å²) in [6.45, 7) is 2.94. The third-order valence-corrected chi connectivity index (χ3v) is 5.11. The van der Waals surface area contributed by atoms with E-state index in [9.17, 15) is 4.79 Å². The van der Waals surface area contributed by atoms with Gasteiger partial charge in [0.15, 0.2) is 0 Å². The molecule has 3 aromatic rings. The summed E-state index contributed by atoms with van der Waals surface area (Å²) in [6, 6.07) is 18.2. The molecule has 148 valence electrons. The van der Waals surface area contributed by atoms with Crippen LogP contribution in [-0.4, -0.2) is 39.9 Å². The van der Waals surface area contributed by atoms with E-state index in [0.717, 1.165) is 44.0 Å². The van der Waals surface area contributed by atoms with Crippen molar-refractivity contribution in [3.8, 4) is 0 Å². The van der Waals surface area contributed by atoms with E-state index in [1.807, 2.05) is 30.3 Å². The smallest absolute Gasteiger partial charge is 0.253 e. The van der Waals surface area contributed by atoms with Crippen molar-refractivity contribution >= 4 is 17.4 Å². The summed E-state index contributed by atoms with van der Waals surface area (Å²) < 4.78 is 0. The highest BCUT2D eigenvalue weighted by Gasteiger charge is 2.21. The number of piperidine rings is 1. The summed E-state index contributed by atoms with van der Waals surface area (Å²) in [5, 5.41) is 6.33. The van der Waals surface area contributed by atoms with Gasteiger partial charge in [-0.15, -0.1) is 0 Å². The quantitative estimate of drug-likeness (QED) is 0.676. The van der Waals surface area contributed by atoms with Crippen molar-refractivity contribution in [2.45, 2.75) is 25.4 Å². The molecule has 1 aliphatic heterocycles. The van der Waals surface area contributed by atoms with E-state index in [2.05, 4.69) is 49.8 Å². The molecule has 0 spiro atoms. The summed E-state index contributed by atoms with van der Waals surface area (Å²) in [4.78, 5) is 23.6. The van der Waals surface area contributed by atoms with Gasteiger partial charge in [-0.05, 0) is 36.6 Å². The molecule has 0 aliphatic carbocycles. The van der Waals surface area contributed by atoms with Gasteiger partial charge in [0.05, 0.1) is 17.4 Å². The van der Waals surface area contributed by atoms with E-state index in [0.29, 0.717) is 5.56 Å². The molecule has 1 fully saturated rings. The first-order valence-corrected chi connectivity index (χ1v) is 9.96. The molecule has 1 amide bonds. The monoisotopic (exact) mass is 387 g/mol. The average molecular weight is 387 g/mol. The van der Waals surface area contributed by atoms with Crippen molar-refractivity contribution in [1.29, 1.82) is 0 Å². The molecular weight excluding hydrogens is 362 g/mol.